The largest absolute Gasteiger partial charge is 0.894 e. The predicted octanol–water partition coefficient (Wildman–Crippen LogP) is -6.52. The topological polar surface area (TPSA) is 154 Å². The van der Waals surface area contributed by atoms with Gasteiger partial charge in [-0.2, -0.15) is 0 Å². The van der Waals surface area contributed by atoms with Crippen LogP contribution in [-0.2, 0) is 44.1 Å². The minimum absolute atomic E-state index is 0. The second-order valence-electron chi connectivity index (χ2n) is 0.500. The molecule has 0 aliphatic heterocycles. The van der Waals surface area contributed by atoms with Crippen LogP contribution in [0.25, 0.3) is 0 Å². The molecule has 0 fully saturated rings. The van der Waals surface area contributed by atoms with Gasteiger partial charge in [-0.3, -0.25) is 0 Å². The maximum Gasteiger partial charge on any atom is 0 e. The summed E-state index contributed by atoms with van der Waals surface area (Å²) in [6.07, 6.45) is 0. The first-order valence-corrected chi connectivity index (χ1v) is 2.45. The van der Waals surface area contributed by atoms with Gasteiger partial charge in [-0.15, -0.1) is 0 Å². The van der Waals surface area contributed by atoms with Crippen LogP contribution in [0, 0.1) is 0 Å². The van der Waals surface area contributed by atoms with Gasteiger partial charge in [-0.1, -0.05) is 0 Å². The third-order valence-corrected chi connectivity index (χ3v) is 0. The summed E-state index contributed by atoms with van der Waals surface area (Å²) in [6.45, 7) is 0. The van der Waals surface area contributed by atoms with E-state index < -0.39 is 9.05 Å². The predicted molar refractivity (Wildman–Crippen MR) is 17.1 cm³/mol. The Labute approximate surface area is 111 Å². The third kappa shape index (κ3) is 157. The first-order chi connectivity index (χ1) is 2.00. The molecule has 0 spiro atoms. The first-order valence-electron chi connectivity index (χ1n) is 0.816. The Morgan fingerprint density at radius 3 is 0.900 bits per heavy atom. The van der Waals surface area contributed by atoms with Crippen molar-refractivity contribution in [1.29, 1.82) is 0 Å². The Morgan fingerprint density at radius 2 is 0.900 bits per heavy atom. The zero-order valence-corrected chi connectivity index (χ0v) is 11.8. The van der Waals surface area contributed by atoms with Crippen molar-refractivity contribution in [2.75, 3.05) is 0 Å². The van der Waals surface area contributed by atoms with Gasteiger partial charge in [0.1, 0.15) is 0 Å². The number of hydrogen-bond donors (Lipinski definition) is 0. The molecule has 6 nitrogen and oxygen atoms in total. The van der Waals surface area contributed by atoms with E-state index in [-0.39, 0.29) is 84.6 Å². The second kappa shape index (κ2) is 17.5. The van der Waals surface area contributed by atoms with Crippen molar-refractivity contribution in [3.8, 4) is 0 Å². The van der Waals surface area contributed by atoms with E-state index in [0.717, 1.165) is 0 Å². The monoisotopic (exact) mass is 291 g/mol. The van der Waals surface area contributed by atoms with Gasteiger partial charge in [0, 0.05) is 73.7 Å². The fraction of sp³-hybridized carbons (Fsp3) is 0. The molecule has 2 radical (unpaired) electrons. The molecule has 0 bridgehead atoms. The molecule has 10 heavy (non-hydrogen) atoms. The summed E-state index contributed by atoms with van der Waals surface area (Å²) in [7, 11) is -5.61. The Balaban J connectivity index is -0.00000000800. The van der Waals surface area contributed by atoms with E-state index in [2.05, 4.69) is 0 Å². The van der Waals surface area contributed by atoms with Crippen LogP contribution in [0.3, 0.4) is 0 Å². The van der Waals surface area contributed by atoms with Crippen molar-refractivity contribution >= 4 is 38.6 Å². The van der Waals surface area contributed by atoms with E-state index in [0.29, 0.717) is 0 Å². The SMILES string of the molecule is O.[Na].[Nb].[O-][Si]([O-])([O-])[O-].[OH-].[Ti]. The van der Waals surface area contributed by atoms with E-state index in [1.807, 2.05) is 0 Å². The standard InChI is InChI=1S/Na.Nb.O4Si.2H2O.Ti/c;;1-5(2,3)4;;;/h;;;2*1H2;/q;;-4;;;/p-1. The Kier molecular flexibility index (Phi) is 68.7. The minimum Gasteiger partial charge on any atom is -0.894 e. The summed E-state index contributed by atoms with van der Waals surface area (Å²) >= 11 is 0. The normalized spacial score (nSPS) is 6.00. The van der Waals surface area contributed by atoms with Crippen molar-refractivity contribution in [2.45, 2.75) is 0 Å². The van der Waals surface area contributed by atoms with E-state index in [4.69, 9.17) is 19.2 Å². The average molecular weight is 291 g/mol. The van der Waals surface area contributed by atoms with Crippen LogP contribution < -0.4 is 19.2 Å². The van der Waals surface area contributed by atoms with Crippen molar-refractivity contribution in [3.63, 3.8) is 0 Å². The molecule has 10 heteroatoms. The molecule has 0 heterocycles. The molecular formula is H3NaNbO6SiTi-5. The molecule has 0 unspecified atom stereocenters. The molecule has 0 aliphatic rings. The quantitative estimate of drug-likeness (QED) is 0.406. The second-order valence-corrected chi connectivity index (χ2v) is 1.50. The van der Waals surface area contributed by atoms with Crippen molar-refractivity contribution in [3.05, 3.63) is 0 Å². The van der Waals surface area contributed by atoms with Gasteiger partial charge in [-0.25, -0.2) is 0 Å². The first kappa shape index (κ1) is 39.3. The zero-order valence-electron chi connectivity index (χ0n) is 5.03. The van der Waals surface area contributed by atoms with Crippen LogP contribution >= 0.6 is 0 Å². The summed E-state index contributed by atoms with van der Waals surface area (Å²) < 4.78 is 0. The molecule has 0 rings (SSSR count). The molecule has 58 valence electrons. The Morgan fingerprint density at radius 1 is 0.900 bits per heavy atom. The molecule has 0 atom stereocenters. The summed E-state index contributed by atoms with van der Waals surface area (Å²) in [5.74, 6) is 0. The fourth-order valence-corrected chi connectivity index (χ4v) is 0. The van der Waals surface area contributed by atoms with Crippen LogP contribution in [0.2, 0.25) is 0 Å². The number of rotatable bonds is 0. The molecule has 3 N–H and O–H groups in total. The summed E-state index contributed by atoms with van der Waals surface area (Å²) in [6, 6.07) is 0. The fourth-order valence-electron chi connectivity index (χ4n) is 0. The molecule has 0 saturated heterocycles. The van der Waals surface area contributed by atoms with Crippen LogP contribution in [-0.4, -0.2) is 49.6 Å². The Hall–Kier alpha value is 2.43. The van der Waals surface area contributed by atoms with Crippen LogP contribution in [0.15, 0.2) is 0 Å². The summed E-state index contributed by atoms with van der Waals surface area (Å²) in [5.41, 5.74) is 0. The average Bonchev–Trinajstić information content (AvgIpc) is 0.722. The molecule has 0 amide bonds. The molecule has 0 aromatic heterocycles. The van der Waals surface area contributed by atoms with E-state index in [1.165, 1.54) is 0 Å². The summed E-state index contributed by atoms with van der Waals surface area (Å²) in [5, 5.41) is 0. The van der Waals surface area contributed by atoms with Gasteiger partial charge in [-0.05, 0) is 0 Å². The minimum atomic E-state index is -5.61. The van der Waals surface area contributed by atoms with Crippen LogP contribution in [0.5, 0.6) is 0 Å². The third-order valence-electron chi connectivity index (χ3n) is 0. The molecule has 0 aromatic carbocycles. The van der Waals surface area contributed by atoms with Gasteiger partial charge >= 0.3 is 0 Å². The zero-order chi connectivity index (χ0) is 4.50. The van der Waals surface area contributed by atoms with Gasteiger partial charge in [0.2, 0.25) is 0 Å². The van der Waals surface area contributed by atoms with Gasteiger partial charge in [0.25, 0.3) is 0 Å². The molecule has 0 aromatic rings. The van der Waals surface area contributed by atoms with Crippen molar-refractivity contribution in [1.82, 2.24) is 0 Å². The number of hydrogen-bond acceptors (Lipinski definition) is 5. The smallest absolute Gasteiger partial charge is 0 e. The molecular weight excluding hydrogens is 288 g/mol. The van der Waals surface area contributed by atoms with E-state index >= 15 is 0 Å². The van der Waals surface area contributed by atoms with E-state index in [9.17, 15) is 0 Å². The van der Waals surface area contributed by atoms with Crippen LogP contribution in [0.1, 0.15) is 0 Å². The maximum atomic E-state index is 8.58. The van der Waals surface area contributed by atoms with Gasteiger partial charge in [0.15, 0.2) is 0 Å². The van der Waals surface area contributed by atoms with Gasteiger partial charge in [0.05, 0.1) is 0 Å². The maximum absolute atomic E-state index is 8.58. The molecule has 0 aliphatic carbocycles. The van der Waals surface area contributed by atoms with Crippen LogP contribution in [0.4, 0.5) is 0 Å². The Bertz CT molecular complexity index is 33.2. The van der Waals surface area contributed by atoms with Gasteiger partial charge < -0.3 is 39.2 Å². The van der Waals surface area contributed by atoms with Crippen molar-refractivity contribution < 1.29 is 74.2 Å². The molecule has 0 saturated carbocycles. The van der Waals surface area contributed by atoms with Crippen molar-refractivity contribution in [2.24, 2.45) is 0 Å². The van der Waals surface area contributed by atoms with E-state index in [1.54, 1.807) is 0 Å². The summed E-state index contributed by atoms with van der Waals surface area (Å²) in [4.78, 5) is 34.3.